The second-order valence-corrected chi connectivity index (χ2v) is 8.33. The molecule has 3 aromatic rings. The van der Waals surface area contributed by atoms with Crippen molar-refractivity contribution in [1.82, 2.24) is 5.32 Å². The lowest BCUT2D eigenvalue weighted by molar-refractivity contribution is 0.0440. The molecule has 1 aliphatic heterocycles. The van der Waals surface area contributed by atoms with Crippen molar-refractivity contribution in [1.29, 1.82) is 0 Å². The van der Waals surface area contributed by atoms with Gasteiger partial charge in [0.05, 0.1) is 30.2 Å². The van der Waals surface area contributed by atoms with Crippen LogP contribution in [-0.2, 0) is 5.60 Å². The number of aliphatic hydroxyl groups is 1. The molecule has 2 unspecified atom stereocenters. The zero-order chi connectivity index (χ0) is 24.6. The predicted molar refractivity (Wildman–Crippen MR) is 124 cm³/mol. The first-order valence-electron chi connectivity index (χ1n) is 10.5. The number of hydrogen-bond donors (Lipinski definition) is 3. The number of benzene rings is 3. The maximum atomic E-state index is 15.6. The summed E-state index contributed by atoms with van der Waals surface area (Å²) in [7, 11) is 2.98. The molecule has 1 amide bonds. The molecule has 0 radical (unpaired) electrons. The average molecular weight is 489 g/mol. The van der Waals surface area contributed by atoms with Crippen molar-refractivity contribution in [2.24, 2.45) is 5.73 Å². The average Bonchev–Trinajstić information content (AvgIpc) is 3.14. The van der Waals surface area contributed by atoms with Crippen molar-refractivity contribution in [3.05, 3.63) is 81.9 Å². The van der Waals surface area contributed by atoms with Crippen LogP contribution < -0.4 is 20.5 Å². The summed E-state index contributed by atoms with van der Waals surface area (Å²) in [5.74, 6) is -3.65. The van der Waals surface area contributed by atoms with Gasteiger partial charge in [-0.15, -0.1) is 0 Å². The molecule has 4 rings (SSSR count). The molecule has 0 saturated carbocycles. The molecule has 0 fully saturated rings. The molecule has 1 heterocycles. The van der Waals surface area contributed by atoms with E-state index in [1.807, 2.05) is 30.3 Å². The third kappa shape index (κ3) is 3.58. The van der Waals surface area contributed by atoms with E-state index in [2.05, 4.69) is 5.32 Å². The van der Waals surface area contributed by atoms with Crippen molar-refractivity contribution < 1.29 is 28.2 Å². The van der Waals surface area contributed by atoms with E-state index in [9.17, 15) is 9.90 Å². The molecule has 1 aliphatic rings. The Bertz CT molecular complexity index is 1260. The Morgan fingerprint density at radius 3 is 2.53 bits per heavy atom. The number of hydrogen-bond acceptors (Lipinski definition) is 5. The van der Waals surface area contributed by atoms with Gasteiger partial charge in [-0.1, -0.05) is 41.9 Å². The fourth-order valence-electron chi connectivity index (χ4n) is 4.70. The minimum absolute atomic E-state index is 0.0766. The number of carbonyl (C=O) groups excluding carboxylic acids is 1. The van der Waals surface area contributed by atoms with Crippen LogP contribution in [0.15, 0.2) is 48.5 Å². The van der Waals surface area contributed by atoms with E-state index in [1.54, 1.807) is 7.05 Å². The van der Waals surface area contributed by atoms with Crippen molar-refractivity contribution in [2.75, 3.05) is 27.3 Å². The SMILES string of the molecule is CNCC1(c2ccccc2)Oc2cc(F)c(Cl)c(-c3c(C(N)=O)ccc(OC)c3F)c2C1CO. The topological polar surface area (TPSA) is 93.8 Å². The highest BCUT2D eigenvalue weighted by Gasteiger charge is 2.51. The normalized spacial score (nSPS) is 18.9. The van der Waals surface area contributed by atoms with Crippen LogP contribution in [0, 0.1) is 11.6 Å². The summed E-state index contributed by atoms with van der Waals surface area (Å²) in [6.07, 6.45) is 0. The number of rotatable bonds is 7. The Labute approximate surface area is 200 Å². The van der Waals surface area contributed by atoms with Crippen molar-refractivity contribution in [3.63, 3.8) is 0 Å². The zero-order valence-electron chi connectivity index (χ0n) is 18.5. The summed E-state index contributed by atoms with van der Waals surface area (Å²) in [4.78, 5) is 12.2. The molecule has 0 aromatic heterocycles. The van der Waals surface area contributed by atoms with Crippen LogP contribution in [0.4, 0.5) is 8.78 Å². The van der Waals surface area contributed by atoms with E-state index >= 15 is 8.78 Å². The lowest BCUT2D eigenvalue weighted by atomic mass is 9.76. The van der Waals surface area contributed by atoms with Gasteiger partial charge >= 0.3 is 0 Å². The van der Waals surface area contributed by atoms with Crippen LogP contribution in [-0.4, -0.2) is 38.3 Å². The van der Waals surface area contributed by atoms with E-state index in [0.717, 1.165) is 6.07 Å². The molecule has 4 N–H and O–H groups in total. The standard InChI is InChI=1S/C25H23ClF2N2O4/c1-30-12-25(13-6-4-3-5-7-13)15(11-31)20-18(34-25)10-16(27)22(26)21(20)19-14(24(29)32)8-9-17(33-2)23(19)28/h3-10,15,30-31H,11-12H2,1-2H3,(H2,29,32). The van der Waals surface area contributed by atoms with Gasteiger partial charge in [0.2, 0.25) is 5.91 Å². The fraction of sp³-hybridized carbons (Fsp3) is 0.240. The molecule has 2 atom stereocenters. The Balaban J connectivity index is 2.09. The van der Waals surface area contributed by atoms with Crippen LogP contribution in [0.5, 0.6) is 11.5 Å². The second-order valence-electron chi connectivity index (χ2n) is 7.95. The Morgan fingerprint density at radius 2 is 1.94 bits per heavy atom. The van der Waals surface area contributed by atoms with Gasteiger partial charge in [0, 0.05) is 29.3 Å². The summed E-state index contributed by atoms with van der Waals surface area (Å²) in [5.41, 5.74) is 4.70. The molecule has 34 heavy (non-hydrogen) atoms. The lowest BCUT2D eigenvalue weighted by Crippen LogP contribution is -2.45. The number of nitrogens with two attached hydrogens (primary N) is 1. The first kappa shape index (κ1) is 23.9. The maximum Gasteiger partial charge on any atom is 0.249 e. The van der Waals surface area contributed by atoms with Crippen molar-refractivity contribution in [3.8, 4) is 22.6 Å². The van der Waals surface area contributed by atoms with E-state index in [4.69, 9.17) is 26.8 Å². The van der Waals surface area contributed by atoms with Gasteiger partial charge in [0.15, 0.2) is 17.2 Å². The number of halogens is 3. The van der Waals surface area contributed by atoms with Gasteiger partial charge in [0.25, 0.3) is 0 Å². The molecular weight excluding hydrogens is 466 g/mol. The molecule has 0 spiro atoms. The highest BCUT2D eigenvalue weighted by atomic mass is 35.5. The number of carbonyl (C=O) groups is 1. The van der Waals surface area contributed by atoms with Gasteiger partial charge in [-0.2, -0.15) is 0 Å². The molecule has 0 bridgehead atoms. The molecule has 3 aromatic carbocycles. The van der Waals surface area contributed by atoms with Gasteiger partial charge in [-0.05, 0) is 24.7 Å². The summed E-state index contributed by atoms with van der Waals surface area (Å²) in [6, 6.07) is 12.8. The molecule has 0 saturated heterocycles. The molecule has 9 heteroatoms. The Morgan fingerprint density at radius 1 is 1.24 bits per heavy atom. The summed E-state index contributed by atoms with van der Waals surface area (Å²) in [5, 5.41) is 13.2. The fourth-order valence-corrected chi connectivity index (χ4v) is 4.95. The monoisotopic (exact) mass is 488 g/mol. The largest absolute Gasteiger partial charge is 0.494 e. The van der Waals surface area contributed by atoms with E-state index in [1.165, 1.54) is 19.2 Å². The Kier molecular flexibility index (Phi) is 6.49. The van der Waals surface area contributed by atoms with E-state index < -0.39 is 40.7 Å². The molecule has 6 nitrogen and oxygen atoms in total. The molecular formula is C25H23ClF2N2O4. The number of primary amides is 1. The smallest absolute Gasteiger partial charge is 0.249 e. The number of aliphatic hydroxyl groups excluding tert-OH is 1. The maximum absolute atomic E-state index is 15.6. The first-order valence-corrected chi connectivity index (χ1v) is 10.9. The quantitative estimate of drug-likeness (QED) is 0.468. The number of nitrogens with one attached hydrogen (secondary N) is 1. The zero-order valence-corrected chi connectivity index (χ0v) is 19.2. The van der Waals surface area contributed by atoms with Gasteiger partial charge in [0.1, 0.15) is 11.6 Å². The van der Waals surface area contributed by atoms with Crippen LogP contribution >= 0.6 is 11.6 Å². The molecule has 0 aliphatic carbocycles. The van der Waals surface area contributed by atoms with Crippen LogP contribution in [0.3, 0.4) is 0 Å². The Hall–Kier alpha value is -3.20. The minimum Gasteiger partial charge on any atom is -0.494 e. The minimum atomic E-state index is -1.17. The van der Waals surface area contributed by atoms with E-state index in [0.29, 0.717) is 5.56 Å². The number of ether oxygens (including phenoxy) is 2. The second kappa shape index (κ2) is 9.21. The van der Waals surface area contributed by atoms with Gasteiger partial charge < -0.3 is 25.6 Å². The van der Waals surface area contributed by atoms with Crippen molar-refractivity contribution >= 4 is 17.5 Å². The highest BCUT2D eigenvalue weighted by Crippen LogP contribution is 2.56. The summed E-state index contributed by atoms with van der Waals surface area (Å²) >= 11 is 6.41. The lowest BCUT2D eigenvalue weighted by Gasteiger charge is -2.34. The number of amides is 1. The van der Waals surface area contributed by atoms with E-state index in [-0.39, 0.29) is 40.3 Å². The van der Waals surface area contributed by atoms with Gasteiger partial charge in [-0.3, -0.25) is 4.79 Å². The highest BCUT2D eigenvalue weighted by molar-refractivity contribution is 6.34. The third-order valence-electron chi connectivity index (χ3n) is 6.15. The van der Waals surface area contributed by atoms with Gasteiger partial charge in [-0.25, -0.2) is 8.78 Å². The van der Waals surface area contributed by atoms with Crippen LogP contribution in [0.1, 0.15) is 27.4 Å². The number of methoxy groups -OCH3 is 1. The third-order valence-corrected chi connectivity index (χ3v) is 6.52. The summed E-state index contributed by atoms with van der Waals surface area (Å²) < 4.78 is 42.1. The van der Waals surface area contributed by atoms with Crippen molar-refractivity contribution in [2.45, 2.75) is 11.5 Å². The van der Waals surface area contributed by atoms with Crippen LogP contribution in [0.2, 0.25) is 5.02 Å². The number of fused-ring (bicyclic) bond motifs is 1. The summed E-state index contributed by atoms with van der Waals surface area (Å²) in [6.45, 7) is -0.200. The molecule has 178 valence electrons. The first-order chi connectivity index (χ1) is 16.3. The predicted octanol–water partition coefficient (Wildman–Crippen LogP) is 3.98. The number of likely N-dealkylation sites (N-methyl/N-ethyl adjacent to an activating group) is 1. The van der Waals surface area contributed by atoms with Crippen LogP contribution in [0.25, 0.3) is 11.1 Å².